The molecule has 10 rings (SSSR count). The van der Waals surface area contributed by atoms with Gasteiger partial charge in [0.25, 0.3) is 0 Å². The fourth-order valence-corrected chi connectivity index (χ4v) is 8.19. The van der Waals surface area contributed by atoms with Crippen LogP contribution in [0, 0.1) is 0 Å². The highest BCUT2D eigenvalue weighted by atomic mass is 15.0. The van der Waals surface area contributed by atoms with Crippen molar-refractivity contribution in [1.29, 1.82) is 0 Å². The molecule has 2 nitrogen and oxygen atoms in total. The Morgan fingerprint density at radius 3 is 1.38 bits per heavy atom. The summed E-state index contributed by atoms with van der Waals surface area (Å²) in [5, 5.41) is 4.99. The van der Waals surface area contributed by atoms with Gasteiger partial charge in [-0.15, -0.1) is 6.58 Å². The first kappa shape index (κ1) is 30.9. The maximum atomic E-state index is 3.96. The summed E-state index contributed by atoms with van der Waals surface area (Å²) in [7, 11) is 0. The van der Waals surface area contributed by atoms with Crippen LogP contribution in [-0.2, 0) is 6.42 Å². The number of aromatic nitrogens is 2. The number of allylic oxidation sites excluding steroid dienone is 1. The number of benzene rings is 8. The average molecular weight is 677 g/mol. The minimum atomic E-state index is 0.848. The van der Waals surface area contributed by atoms with Crippen molar-refractivity contribution < 1.29 is 0 Å². The van der Waals surface area contributed by atoms with Crippen LogP contribution in [-0.4, -0.2) is 9.13 Å². The summed E-state index contributed by atoms with van der Waals surface area (Å²) in [5.74, 6) is 0. The molecule has 0 atom stereocenters. The zero-order chi connectivity index (χ0) is 35.3. The molecule has 0 N–H and O–H groups in total. The highest BCUT2D eigenvalue weighted by Crippen LogP contribution is 2.39. The summed E-state index contributed by atoms with van der Waals surface area (Å²) in [6.45, 7) is 3.96. The van der Waals surface area contributed by atoms with Crippen LogP contribution >= 0.6 is 0 Å². The SMILES string of the molecule is C=CCc1cccc(-n2c3ccccc3c3cc(-c4ccc5c(c4)c4ccccc4n5-c4cc(-c5ccccc5)cc(-c5ccccc5)c4)ccc32)c1. The van der Waals surface area contributed by atoms with Crippen molar-refractivity contribution in [2.45, 2.75) is 6.42 Å². The van der Waals surface area contributed by atoms with E-state index in [4.69, 9.17) is 0 Å². The molecule has 53 heavy (non-hydrogen) atoms. The van der Waals surface area contributed by atoms with Crippen LogP contribution in [0.25, 0.3) is 88.4 Å². The molecule has 10 aromatic rings. The second-order valence-electron chi connectivity index (χ2n) is 13.8. The van der Waals surface area contributed by atoms with Crippen molar-refractivity contribution in [3.05, 3.63) is 206 Å². The van der Waals surface area contributed by atoms with Gasteiger partial charge in [-0.25, -0.2) is 0 Å². The van der Waals surface area contributed by atoms with E-state index in [1.807, 2.05) is 6.08 Å². The van der Waals surface area contributed by atoms with Gasteiger partial charge in [0.1, 0.15) is 0 Å². The molecule has 0 amide bonds. The Bertz CT molecular complexity index is 2920. The first-order valence-corrected chi connectivity index (χ1v) is 18.3. The molecule has 0 unspecified atom stereocenters. The van der Waals surface area contributed by atoms with E-state index in [0.29, 0.717) is 0 Å². The molecular weight excluding hydrogens is 641 g/mol. The fourth-order valence-electron chi connectivity index (χ4n) is 8.19. The van der Waals surface area contributed by atoms with E-state index in [1.165, 1.54) is 88.2 Å². The lowest BCUT2D eigenvalue weighted by Gasteiger charge is -2.14. The Hall–Kier alpha value is -6.90. The first-order chi connectivity index (χ1) is 26.2. The van der Waals surface area contributed by atoms with Crippen molar-refractivity contribution in [2.75, 3.05) is 0 Å². The highest BCUT2D eigenvalue weighted by molar-refractivity contribution is 6.12. The Morgan fingerprint density at radius 1 is 0.340 bits per heavy atom. The average Bonchev–Trinajstić information content (AvgIpc) is 3.74. The van der Waals surface area contributed by atoms with E-state index in [-0.39, 0.29) is 0 Å². The van der Waals surface area contributed by atoms with Gasteiger partial charge in [0, 0.05) is 32.9 Å². The standard InChI is InChI=1S/C51H36N2/c1-2-14-35-15-13-20-42(29-35)52-48-23-11-9-21-44(48)46-33-38(25-27-50(46)52)39-26-28-51-47(34-39)45-22-10-12-24-49(45)53(51)43-31-40(36-16-5-3-6-17-36)30-41(32-43)37-18-7-4-8-19-37/h2-13,15-34H,1,14H2. The Labute approximate surface area is 309 Å². The van der Waals surface area contributed by atoms with Gasteiger partial charge < -0.3 is 9.13 Å². The van der Waals surface area contributed by atoms with Crippen LogP contribution < -0.4 is 0 Å². The van der Waals surface area contributed by atoms with E-state index in [2.05, 4.69) is 204 Å². The molecule has 2 aromatic heterocycles. The van der Waals surface area contributed by atoms with Gasteiger partial charge in [-0.3, -0.25) is 0 Å². The number of fused-ring (bicyclic) bond motifs is 6. The molecule has 0 fully saturated rings. The summed E-state index contributed by atoms with van der Waals surface area (Å²) in [6, 6.07) is 68.6. The second-order valence-corrected chi connectivity index (χ2v) is 13.8. The Morgan fingerprint density at radius 2 is 0.830 bits per heavy atom. The monoisotopic (exact) mass is 676 g/mol. The Balaban J connectivity index is 1.15. The smallest absolute Gasteiger partial charge is 0.0541 e. The fraction of sp³-hybridized carbons (Fsp3) is 0.0196. The van der Waals surface area contributed by atoms with Gasteiger partial charge >= 0.3 is 0 Å². The van der Waals surface area contributed by atoms with Gasteiger partial charge in [-0.1, -0.05) is 127 Å². The third kappa shape index (κ3) is 5.27. The highest BCUT2D eigenvalue weighted by Gasteiger charge is 2.17. The molecule has 8 aromatic carbocycles. The maximum Gasteiger partial charge on any atom is 0.0541 e. The molecule has 0 radical (unpaired) electrons. The molecule has 0 saturated carbocycles. The number of hydrogen-bond acceptors (Lipinski definition) is 0. The molecular formula is C51H36N2. The van der Waals surface area contributed by atoms with Crippen molar-refractivity contribution in [2.24, 2.45) is 0 Å². The predicted molar refractivity (Wildman–Crippen MR) is 225 cm³/mol. The lowest BCUT2D eigenvalue weighted by atomic mass is 9.98. The molecule has 2 heteroatoms. The molecule has 0 bridgehead atoms. The van der Waals surface area contributed by atoms with E-state index < -0.39 is 0 Å². The molecule has 0 aliphatic heterocycles. The van der Waals surface area contributed by atoms with Gasteiger partial charge in [0.05, 0.1) is 22.1 Å². The van der Waals surface area contributed by atoms with E-state index in [0.717, 1.165) is 12.1 Å². The molecule has 2 heterocycles. The quantitative estimate of drug-likeness (QED) is 0.149. The first-order valence-electron chi connectivity index (χ1n) is 18.3. The van der Waals surface area contributed by atoms with Crippen molar-refractivity contribution >= 4 is 43.6 Å². The van der Waals surface area contributed by atoms with E-state index in [1.54, 1.807) is 0 Å². The van der Waals surface area contributed by atoms with Gasteiger partial charge in [-0.05, 0) is 112 Å². The van der Waals surface area contributed by atoms with Gasteiger partial charge in [0.15, 0.2) is 0 Å². The van der Waals surface area contributed by atoms with Crippen molar-refractivity contribution in [1.82, 2.24) is 9.13 Å². The predicted octanol–water partition coefficient (Wildman–Crippen LogP) is 13.6. The summed E-state index contributed by atoms with van der Waals surface area (Å²) in [5.41, 5.74) is 15.6. The summed E-state index contributed by atoms with van der Waals surface area (Å²) in [4.78, 5) is 0. The van der Waals surface area contributed by atoms with Crippen LogP contribution in [0.3, 0.4) is 0 Å². The zero-order valence-corrected chi connectivity index (χ0v) is 29.3. The number of rotatable bonds is 7. The third-order valence-electron chi connectivity index (χ3n) is 10.6. The largest absolute Gasteiger partial charge is 0.309 e. The third-order valence-corrected chi connectivity index (χ3v) is 10.6. The number of hydrogen-bond donors (Lipinski definition) is 0. The number of para-hydroxylation sites is 2. The number of nitrogens with zero attached hydrogens (tertiary/aromatic N) is 2. The molecule has 0 saturated heterocycles. The lowest BCUT2D eigenvalue weighted by molar-refractivity contribution is 1.15. The summed E-state index contributed by atoms with van der Waals surface area (Å²) < 4.78 is 4.83. The van der Waals surface area contributed by atoms with Crippen LogP contribution in [0.2, 0.25) is 0 Å². The summed E-state index contributed by atoms with van der Waals surface area (Å²) in [6.07, 6.45) is 2.82. The lowest BCUT2D eigenvalue weighted by Crippen LogP contribution is -1.96. The van der Waals surface area contributed by atoms with E-state index in [9.17, 15) is 0 Å². The minimum Gasteiger partial charge on any atom is -0.309 e. The topological polar surface area (TPSA) is 9.86 Å². The maximum absolute atomic E-state index is 3.96. The van der Waals surface area contributed by atoms with Crippen LogP contribution in [0.4, 0.5) is 0 Å². The Kier molecular flexibility index (Phi) is 7.40. The van der Waals surface area contributed by atoms with E-state index >= 15 is 0 Å². The molecule has 0 aliphatic carbocycles. The zero-order valence-electron chi connectivity index (χ0n) is 29.3. The molecule has 250 valence electrons. The summed E-state index contributed by atoms with van der Waals surface area (Å²) >= 11 is 0. The molecule has 0 aliphatic rings. The van der Waals surface area contributed by atoms with Crippen molar-refractivity contribution in [3.8, 4) is 44.8 Å². The van der Waals surface area contributed by atoms with Crippen LogP contribution in [0.5, 0.6) is 0 Å². The van der Waals surface area contributed by atoms with Crippen LogP contribution in [0.1, 0.15) is 5.56 Å². The minimum absolute atomic E-state index is 0.848. The second kappa shape index (κ2) is 12.7. The molecule has 0 spiro atoms. The van der Waals surface area contributed by atoms with Gasteiger partial charge in [0.2, 0.25) is 0 Å². The van der Waals surface area contributed by atoms with Gasteiger partial charge in [-0.2, -0.15) is 0 Å². The van der Waals surface area contributed by atoms with Crippen LogP contribution in [0.15, 0.2) is 201 Å². The van der Waals surface area contributed by atoms with Crippen molar-refractivity contribution in [3.63, 3.8) is 0 Å². The normalized spacial score (nSPS) is 11.5.